The molecule has 0 radical (unpaired) electrons. The lowest BCUT2D eigenvalue weighted by Gasteiger charge is -2.37. The number of benzene rings is 2. The third-order valence-corrected chi connectivity index (χ3v) is 5.19. The fourth-order valence-corrected chi connectivity index (χ4v) is 3.72. The molecule has 1 N–H and O–H groups in total. The minimum Gasteiger partial charge on any atom is -0.448 e. The molecule has 0 saturated carbocycles. The normalized spacial score (nSPS) is 17.1. The second-order valence-electron chi connectivity index (χ2n) is 8.44. The molecule has 1 aliphatic rings. The Kier molecular flexibility index (Phi) is 6.63. The third kappa shape index (κ3) is 5.98. The van der Waals surface area contributed by atoms with Gasteiger partial charge in [-0.2, -0.15) is 0 Å². The first-order chi connectivity index (χ1) is 13.3. The van der Waals surface area contributed by atoms with Crippen molar-refractivity contribution in [2.24, 2.45) is 0 Å². The second kappa shape index (κ2) is 8.97. The number of nitrogens with zero attached hydrogens (tertiary/aromatic N) is 1. The average Bonchev–Trinajstić information content (AvgIpc) is 2.62. The lowest BCUT2D eigenvalue weighted by atomic mass is 9.90. The van der Waals surface area contributed by atoms with Gasteiger partial charge in [0.05, 0.1) is 0 Å². The molecule has 5 heteroatoms. The average molecular weight is 401 g/mol. The maximum Gasteiger partial charge on any atom is 0.407 e. The molecule has 1 amide bonds. The van der Waals surface area contributed by atoms with Crippen molar-refractivity contribution in [1.82, 2.24) is 10.2 Å². The lowest BCUT2D eigenvalue weighted by Crippen LogP contribution is -2.45. The van der Waals surface area contributed by atoms with Gasteiger partial charge in [-0.25, -0.2) is 4.79 Å². The summed E-state index contributed by atoms with van der Waals surface area (Å²) < 4.78 is 5.41. The van der Waals surface area contributed by atoms with E-state index in [1.54, 1.807) is 0 Å². The monoisotopic (exact) mass is 400 g/mol. The molecule has 28 heavy (non-hydrogen) atoms. The quantitative estimate of drug-likeness (QED) is 0.781. The van der Waals surface area contributed by atoms with Crippen LogP contribution < -0.4 is 5.32 Å². The zero-order valence-corrected chi connectivity index (χ0v) is 17.6. The van der Waals surface area contributed by atoms with Crippen molar-refractivity contribution in [2.45, 2.75) is 51.7 Å². The molecule has 0 saturated heterocycles. The van der Waals surface area contributed by atoms with E-state index in [9.17, 15) is 4.79 Å². The summed E-state index contributed by atoms with van der Waals surface area (Å²) in [5, 5.41) is 3.59. The second-order valence-corrected chi connectivity index (χ2v) is 8.88. The van der Waals surface area contributed by atoms with Crippen molar-refractivity contribution >= 4 is 17.7 Å². The van der Waals surface area contributed by atoms with E-state index in [0.717, 1.165) is 24.4 Å². The third-order valence-electron chi connectivity index (χ3n) is 4.94. The summed E-state index contributed by atoms with van der Waals surface area (Å²) in [6.45, 7) is 7.79. The van der Waals surface area contributed by atoms with Gasteiger partial charge in [0.1, 0.15) is 6.61 Å². The molecular weight excluding hydrogens is 372 g/mol. The van der Waals surface area contributed by atoms with Gasteiger partial charge in [0.15, 0.2) is 0 Å². The van der Waals surface area contributed by atoms with Crippen LogP contribution in [0.15, 0.2) is 48.5 Å². The van der Waals surface area contributed by atoms with Gasteiger partial charge in [-0.05, 0) is 62.4 Å². The maximum atomic E-state index is 11.9. The van der Waals surface area contributed by atoms with Gasteiger partial charge in [0.25, 0.3) is 0 Å². The van der Waals surface area contributed by atoms with Gasteiger partial charge in [0.2, 0.25) is 0 Å². The Morgan fingerprint density at radius 2 is 1.82 bits per heavy atom. The zero-order valence-electron chi connectivity index (χ0n) is 16.9. The molecule has 1 atom stereocenters. The summed E-state index contributed by atoms with van der Waals surface area (Å²) in [7, 11) is 0. The number of hydrogen-bond donors (Lipinski definition) is 1. The van der Waals surface area contributed by atoms with Crippen molar-refractivity contribution in [1.29, 1.82) is 0 Å². The van der Waals surface area contributed by atoms with Gasteiger partial charge in [-0.1, -0.05) is 48.0 Å². The smallest absolute Gasteiger partial charge is 0.407 e. The van der Waals surface area contributed by atoms with Crippen LogP contribution >= 0.6 is 11.6 Å². The highest BCUT2D eigenvalue weighted by Crippen LogP contribution is 2.25. The fourth-order valence-electron chi connectivity index (χ4n) is 3.60. The van der Waals surface area contributed by atoms with Crippen molar-refractivity contribution in [2.75, 3.05) is 13.2 Å². The van der Waals surface area contributed by atoms with E-state index in [1.165, 1.54) is 16.7 Å². The van der Waals surface area contributed by atoms with Gasteiger partial charge in [-0.3, -0.25) is 4.90 Å². The highest BCUT2D eigenvalue weighted by atomic mass is 35.5. The predicted molar refractivity (Wildman–Crippen MR) is 114 cm³/mol. The van der Waals surface area contributed by atoms with Crippen molar-refractivity contribution in [3.63, 3.8) is 0 Å². The highest BCUT2D eigenvalue weighted by Gasteiger charge is 2.26. The summed E-state index contributed by atoms with van der Waals surface area (Å²) in [6.07, 6.45) is 1.58. The zero-order chi connectivity index (χ0) is 20.1. The molecule has 0 fully saturated rings. The standard InChI is InChI=1S/C23H29ClN2O2/c1-23(2,3)25-22(27)28-13-12-26-16-19-7-5-4-6-18(19)15-21(26)14-17-8-10-20(24)11-9-17/h4-11,21H,12-16H2,1-3H3,(H,25,27). The molecule has 4 nitrogen and oxygen atoms in total. The van der Waals surface area contributed by atoms with Gasteiger partial charge < -0.3 is 10.1 Å². The number of amides is 1. The van der Waals surface area contributed by atoms with Crippen LogP contribution in [0.5, 0.6) is 0 Å². The Hall–Kier alpha value is -2.04. The molecule has 150 valence electrons. The van der Waals surface area contributed by atoms with Crippen LogP contribution in [-0.2, 0) is 24.1 Å². The Bertz CT molecular complexity index is 799. The first-order valence-electron chi connectivity index (χ1n) is 9.80. The number of nitrogens with one attached hydrogen (secondary N) is 1. The Balaban J connectivity index is 1.65. The largest absolute Gasteiger partial charge is 0.448 e. The number of alkyl carbamates (subject to hydrolysis) is 1. The predicted octanol–water partition coefficient (Wildman–Crippen LogP) is 4.83. The fraction of sp³-hybridized carbons (Fsp3) is 0.435. The van der Waals surface area contributed by atoms with Crippen LogP contribution in [0.25, 0.3) is 0 Å². The summed E-state index contributed by atoms with van der Waals surface area (Å²) in [6, 6.07) is 17.0. The molecule has 0 aromatic heterocycles. The number of carbonyl (C=O) groups excluding carboxylic acids is 1. The van der Waals surface area contributed by atoms with E-state index in [1.807, 2.05) is 32.9 Å². The topological polar surface area (TPSA) is 41.6 Å². The molecule has 0 aliphatic carbocycles. The van der Waals surface area contributed by atoms with Crippen LogP contribution in [-0.4, -0.2) is 35.7 Å². The van der Waals surface area contributed by atoms with E-state index in [2.05, 4.69) is 46.6 Å². The van der Waals surface area contributed by atoms with Gasteiger partial charge in [-0.15, -0.1) is 0 Å². The van der Waals surface area contributed by atoms with Crippen molar-refractivity contribution in [3.8, 4) is 0 Å². The van der Waals surface area contributed by atoms with Crippen LogP contribution in [0, 0.1) is 0 Å². The van der Waals surface area contributed by atoms with E-state index >= 15 is 0 Å². The van der Waals surface area contributed by atoms with Crippen LogP contribution in [0.4, 0.5) is 4.79 Å². The number of halogens is 1. The van der Waals surface area contributed by atoms with Crippen LogP contribution in [0.1, 0.15) is 37.5 Å². The first kappa shape index (κ1) is 20.7. The van der Waals surface area contributed by atoms with Crippen LogP contribution in [0.2, 0.25) is 5.02 Å². The minimum atomic E-state index is -0.362. The van der Waals surface area contributed by atoms with Crippen molar-refractivity contribution < 1.29 is 9.53 Å². The summed E-state index contributed by atoms with van der Waals surface area (Å²) >= 11 is 6.03. The van der Waals surface area contributed by atoms with E-state index < -0.39 is 0 Å². The number of rotatable bonds is 5. The SMILES string of the molecule is CC(C)(C)NC(=O)OCCN1Cc2ccccc2CC1Cc1ccc(Cl)cc1. The molecule has 0 bridgehead atoms. The van der Waals surface area contributed by atoms with Gasteiger partial charge in [0, 0.05) is 29.7 Å². The molecule has 0 spiro atoms. The number of hydrogen-bond acceptors (Lipinski definition) is 3. The molecule has 1 aliphatic heterocycles. The molecular formula is C23H29ClN2O2. The molecule has 2 aromatic rings. The Labute approximate surface area is 172 Å². The molecule has 2 aromatic carbocycles. The summed E-state index contributed by atoms with van der Waals surface area (Å²) in [4.78, 5) is 14.4. The van der Waals surface area contributed by atoms with Crippen molar-refractivity contribution in [3.05, 3.63) is 70.2 Å². The van der Waals surface area contributed by atoms with Crippen LogP contribution in [0.3, 0.4) is 0 Å². The minimum absolute atomic E-state index is 0.293. The molecule has 1 unspecified atom stereocenters. The highest BCUT2D eigenvalue weighted by molar-refractivity contribution is 6.30. The van der Waals surface area contributed by atoms with Gasteiger partial charge >= 0.3 is 6.09 Å². The van der Waals surface area contributed by atoms with E-state index in [-0.39, 0.29) is 11.6 Å². The number of fused-ring (bicyclic) bond motifs is 1. The van der Waals surface area contributed by atoms with E-state index in [4.69, 9.17) is 16.3 Å². The number of carbonyl (C=O) groups is 1. The maximum absolute atomic E-state index is 11.9. The summed E-state index contributed by atoms with van der Waals surface area (Å²) in [5.74, 6) is 0. The van der Waals surface area contributed by atoms with E-state index in [0.29, 0.717) is 19.2 Å². The number of ether oxygens (including phenoxy) is 1. The Morgan fingerprint density at radius 3 is 2.50 bits per heavy atom. The molecule has 1 heterocycles. The first-order valence-corrected chi connectivity index (χ1v) is 10.2. The lowest BCUT2D eigenvalue weighted by molar-refractivity contribution is 0.0978. The molecule has 3 rings (SSSR count). The summed E-state index contributed by atoms with van der Waals surface area (Å²) in [5.41, 5.74) is 3.74. The Morgan fingerprint density at radius 1 is 1.14 bits per heavy atom.